The second kappa shape index (κ2) is 5.95. The SMILES string of the molecule is O=C=C1Cc2ccccc2C2CN(C3CCCCC3)CC(=O)N12. The van der Waals surface area contributed by atoms with E-state index in [9.17, 15) is 9.59 Å². The van der Waals surface area contributed by atoms with Crippen LogP contribution in [0.1, 0.15) is 49.3 Å². The van der Waals surface area contributed by atoms with E-state index in [-0.39, 0.29) is 11.9 Å². The number of allylic oxidation sites excluding steroid dienone is 1. The third-order valence-electron chi connectivity index (χ3n) is 5.60. The van der Waals surface area contributed by atoms with E-state index in [0.29, 0.717) is 24.7 Å². The Morgan fingerprint density at radius 2 is 1.87 bits per heavy atom. The van der Waals surface area contributed by atoms with Gasteiger partial charge in [-0.05, 0) is 24.0 Å². The molecule has 23 heavy (non-hydrogen) atoms. The number of carbonyl (C=O) groups is 1. The van der Waals surface area contributed by atoms with E-state index < -0.39 is 0 Å². The van der Waals surface area contributed by atoms with Crippen LogP contribution in [-0.4, -0.2) is 40.8 Å². The quantitative estimate of drug-likeness (QED) is 0.748. The van der Waals surface area contributed by atoms with E-state index in [2.05, 4.69) is 17.0 Å². The molecule has 0 bridgehead atoms. The first-order chi connectivity index (χ1) is 11.3. The van der Waals surface area contributed by atoms with E-state index in [1.807, 2.05) is 18.1 Å². The lowest BCUT2D eigenvalue weighted by atomic mass is 9.87. The van der Waals surface area contributed by atoms with Crippen molar-refractivity contribution < 1.29 is 9.59 Å². The van der Waals surface area contributed by atoms with Crippen molar-refractivity contribution in [1.29, 1.82) is 0 Å². The molecule has 0 aromatic heterocycles. The zero-order valence-electron chi connectivity index (χ0n) is 13.3. The van der Waals surface area contributed by atoms with Gasteiger partial charge in [-0.1, -0.05) is 43.5 Å². The third-order valence-corrected chi connectivity index (χ3v) is 5.60. The number of hydrogen-bond acceptors (Lipinski definition) is 3. The minimum atomic E-state index is -0.0282. The van der Waals surface area contributed by atoms with Crippen LogP contribution >= 0.6 is 0 Å². The highest BCUT2D eigenvalue weighted by molar-refractivity contribution is 5.84. The average Bonchev–Trinajstić information content (AvgIpc) is 2.61. The van der Waals surface area contributed by atoms with Gasteiger partial charge in [-0.15, -0.1) is 0 Å². The fraction of sp³-hybridized carbons (Fsp3) is 0.526. The highest BCUT2D eigenvalue weighted by atomic mass is 16.2. The standard InChI is InChI=1S/C19H22N2O2/c22-13-16-10-14-6-4-5-9-17(14)18-11-20(12-19(23)21(16)18)15-7-2-1-3-8-15/h4-6,9,15,18H,1-3,7-8,10-12H2. The van der Waals surface area contributed by atoms with Crippen LogP contribution in [0.3, 0.4) is 0 Å². The summed E-state index contributed by atoms with van der Waals surface area (Å²) in [4.78, 5) is 28.2. The Morgan fingerprint density at radius 3 is 2.65 bits per heavy atom. The molecule has 0 spiro atoms. The Bertz CT molecular complexity index is 672. The summed E-state index contributed by atoms with van der Waals surface area (Å²) in [5.74, 6) is 2.08. The summed E-state index contributed by atoms with van der Waals surface area (Å²) in [5.41, 5.74) is 2.85. The summed E-state index contributed by atoms with van der Waals surface area (Å²) in [6.45, 7) is 1.27. The Balaban J connectivity index is 1.68. The molecule has 1 aromatic carbocycles. The molecular formula is C19H22N2O2. The monoisotopic (exact) mass is 310 g/mol. The van der Waals surface area contributed by atoms with Gasteiger partial charge in [0.05, 0.1) is 12.6 Å². The van der Waals surface area contributed by atoms with Gasteiger partial charge in [0.25, 0.3) is 0 Å². The normalized spacial score (nSPS) is 25.7. The third kappa shape index (κ3) is 2.52. The maximum atomic E-state index is 12.7. The molecule has 1 aromatic rings. The number of carbonyl (C=O) groups excluding carboxylic acids is 2. The topological polar surface area (TPSA) is 40.6 Å². The van der Waals surface area contributed by atoms with Crippen LogP contribution in [0.15, 0.2) is 30.0 Å². The van der Waals surface area contributed by atoms with Gasteiger partial charge in [-0.25, -0.2) is 4.79 Å². The van der Waals surface area contributed by atoms with Gasteiger partial charge < -0.3 is 0 Å². The maximum absolute atomic E-state index is 12.7. The molecule has 1 unspecified atom stereocenters. The van der Waals surface area contributed by atoms with Gasteiger partial charge >= 0.3 is 0 Å². The van der Waals surface area contributed by atoms with E-state index in [4.69, 9.17) is 0 Å². The molecule has 4 heteroatoms. The van der Waals surface area contributed by atoms with Gasteiger partial charge in [-0.2, -0.15) is 0 Å². The highest BCUT2D eigenvalue weighted by Crippen LogP contribution is 2.38. The largest absolute Gasteiger partial charge is 0.296 e. The summed E-state index contributed by atoms with van der Waals surface area (Å²) in [7, 11) is 0. The van der Waals surface area contributed by atoms with Crippen LogP contribution in [0.4, 0.5) is 0 Å². The van der Waals surface area contributed by atoms with Crippen LogP contribution in [-0.2, 0) is 16.0 Å². The molecule has 2 aliphatic heterocycles. The smallest absolute Gasteiger partial charge is 0.242 e. The van der Waals surface area contributed by atoms with Crippen molar-refractivity contribution in [1.82, 2.24) is 9.80 Å². The first kappa shape index (κ1) is 14.7. The Labute approximate surface area is 136 Å². The molecule has 1 amide bonds. The molecule has 1 atom stereocenters. The van der Waals surface area contributed by atoms with Crippen molar-refractivity contribution in [3.8, 4) is 0 Å². The van der Waals surface area contributed by atoms with Crippen LogP contribution in [0, 0.1) is 0 Å². The molecule has 1 saturated heterocycles. The number of rotatable bonds is 1. The van der Waals surface area contributed by atoms with Crippen LogP contribution in [0.5, 0.6) is 0 Å². The lowest BCUT2D eigenvalue weighted by molar-refractivity contribution is -0.139. The molecule has 4 nitrogen and oxygen atoms in total. The first-order valence-corrected chi connectivity index (χ1v) is 8.66. The van der Waals surface area contributed by atoms with Crippen molar-refractivity contribution in [2.24, 2.45) is 0 Å². The predicted octanol–water partition coefficient (Wildman–Crippen LogP) is 2.48. The van der Waals surface area contributed by atoms with Gasteiger partial charge in [0.15, 0.2) is 0 Å². The summed E-state index contributed by atoms with van der Waals surface area (Å²) in [6.07, 6.45) is 6.75. The molecule has 1 aliphatic carbocycles. The number of hydrogen-bond donors (Lipinski definition) is 0. The molecular weight excluding hydrogens is 288 g/mol. The highest BCUT2D eigenvalue weighted by Gasteiger charge is 2.41. The predicted molar refractivity (Wildman–Crippen MR) is 87.4 cm³/mol. The second-order valence-electron chi connectivity index (χ2n) is 6.93. The molecule has 120 valence electrons. The van der Waals surface area contributed by atoms with Crippen molar-refractivity contribution in [3.05, 3.63) is 41.1 Å². The summed E-state index contributed by atoms with van der Waals surface area (Å²) in [5, 5.41) is 0. The van der Waals surface area contributed by atoms with E-state index in [1.54, 1.807) is 4.90 Å². The van der Waals surface area contributed by atoms with E-state index in [0.717, 1.165) is 12.1 Å². The van der Waals surface area contributed by atoms with Gasteiger partial charge in [0, 0.05) is 19.0 Å². The molecule has 0 N–H and O–H groups in total. The minimum Gasteiger partial charge on any atom is -0.296 e. The first-order valence-electron chi connectivity index (χ1n) is 8.66. The fourth-order valence-corrected chi connectivity index (χ4v) is 4.46. The number of nitrogens with zero attached hydrogens (tertiary/aromatic N) is 2. The summed E-state index contributed by atoms with van der Waals surface area (Å²) >= 11 is 0. The van der Waals surface area contributed by atoms with Crippen molar-refractivity contribution in [2.75, 3.05) is 13.1 Å². The number of piperazine rings is 1. The van der Waals surface area contributed by atoms with Crippen molar-refractivity contribution >= 4 is 11.8 Å². The zero-order chi connectivity index (χ0) is 15.8. The van der Waals surface area contributed by atoms with E-state index in [1.165, 1.54) is 37.7 Å². The van der Waals surface area contributed by atoms with Crippen LogP contribution in [0.2, 0.25) is 0 Å². The molecule has 0 radical (unpaired) electrons. The molecule has 2 fully saturated rings. The van der Waals surface area contributed by atoms with E-state index >= 15 is 0 Å². The van der Waals surface area contributed by atoms with Crippen LogP contribution < -0.4 is 0 Å². The summed E-state index contributed by atoms with van der Waals surface area (Å²) < 4.78 is 0. The van der Waals surface area contributed by atoms with Gasteiger partial charge in [0.1, 0.15) is 11.6 Å². The number of amides is 1. The molecule has 2 heterocycles. The second-order valence-corrected chi connectivity index (χ2v) is 6.93. The zero-order valence-corrected chi connectivity index (χ0v) is 13.3. The fourth-order valence-electron chi connectivity index (χ4n) is 4.46. The Kier molecular flexibility index (Phi) is 3.80. The molecule has 1 saturated carbocycles. The van der Waals surface area contributed by atoms with Crippen molar-refractivity contribution in [2.45, 2.75) is 50.6 Å². The maximum Gasteiger partial charge on any atom is 0.242 e. The Morgan fingerprint density at radius 1 is 1.09 bits per heavy atom. The average molecular weight is 310 g/mol. The number of benzene rings is 1. The number of fused-ring (bicyclic) bond motifs is 3. The molecule has 4 rings (SSSR count). The lowest BCUT2D eigenvalue weighted by Gasteiger charge is -2.47. The Hall–Kier alpha value is -1.90. The van der Waals surface area contributed by atoms with Gasteiger partial charge in [0.2, 0.25) is 5.91 Å². The van der Waals surface area contributed by atoms with Gasteiger partial charge in [-0.3, -0.25) is 14.6 Å². The van der Waals surface area contributed by atoms with Crippen molar-refractivity contribution in [3.63, 3.8) is 0 Å². The molecule has 3 aliphatic rings. The minimum absolute atomic E-state index is 0.0282. The van der Waals surface area contributed by atoms with Crippen LogP contribution in [0.25, 0.3) is 0 Å². The summed E-state index contributed by atoms with van der Waals surface area (Å²) in [6, 6.07) is 8.68. The lowest BCUT2D eigenvalue weighted by Crippen LogP contribution is -2.56.